The van der Waals surface area contributed by atoms with E-state index in [1.165, 1.54) is 11.1 Å². The molecule has 1 aromatic carbocycles. The summed E-state index contributed by atoms with van der Waals surface area (Å²) in [5, 5.41) is 2.77. The third kappa shape index (κ3) is 4.10. The van der Waals surface area contributed by atoms with Crippen molar-refractivity contribution in [2.45, 2.75) is 45.7 Å². The molecule has 126 valence electrons. The minimum Gasteiger partial charge on any atom is -0.464 e. The number of fused-ring (bicyclic) bond motifs is 1. The number of carbonyl (C=O) groups is 2. The van der Waals surface area contributed by atoms with Crippen molar-refractivity contribution in [3.8, 4) is 0 Å². The van der Waals surface area contributed by atoms with Gasteiger partial charge in [0.05, 0.1) is 12.6 Å². The first kappa shape index (κ1) is 17.5. The van der Waals surface area contributed by atoms with Crippen LogP contribution in [0.15, 0.2) is 24.3 Å². The Kier molecular flexibility index (Phi) is 5.77. The Balaban J connectivity index is 1.98. The summed E-state index contributed by atoms with van der Waals surface area (Å²) in [6, 6.07) is 6.88. The lowest BCUT2D eigenvalue weighted by molar-refractivity contribution is -0.149. The highest BCUT2D eigenvalue weighted by atomic mass is 16.5. The van der Waals surface area contributed by atoms with Crippen LogP contribution in [-0.2, 0) is 27.2 Å². The summed E-state index contributed by atoms with van der Waals surface area (Å²) in [4.78, 5) is 24.4. The number of rotatable bonds is 6. The minimum absolute atomic E-state index is 0.0500. The van der Waals surface area contributed by atoms with Gasteiger partial charge in [-0.15, -0.1) is 0 Å². The molecule has 0 aromatic heterocycles. The van der Waals surface area contributed by atoms with E-state index < -0.39 is 18.1 Å². The summed E-state index contributed by atoms with van der Waals surface area (Å²) in [7, 11) is 0. The third-order valence-corrected chi connectivity index (χ3v) is 4.40. The van der Waals surface area contributed by atoms with Gasteiger partial charge < -0.3 is 15.8 Å². The lowest BCUT2D eigenvalue weighted by Gasteiger charge is -2.24. The summed E-state index contributed by atoms with van der Waals surface area (Å²) in [5.41, 5.74) is 8.67. The molecule has 0 heterocycles. The van der Waals surface area contributed by atoms with Crippen LogP contribution in [0, 0.1) is 11.8 Å². The number of esters is 1. The van der Waals surface area contributed by atoms with Crippen LogP contribution in [0.3, 0.4) is 0 Å². The molecule has 0 radical (unpaired) electrons. The number of ether oxygens (including phenoxy) is 1. The molecule has 1 aliphatic rings. The molecule has 0 saturated carbocycles. The maximum atomic E-state index is 12.5. The maximum absolute atomic E-state index is 12.5. The molecule has 0 fully saturated rings. The Bertz CT molecular complexity index is 546. The van der Waals surface area contributed by atoms with E-state index in [0.717, 1.165) is 12.8 Å². The van der Waals surface area contributed by atoms with Crippen LogP contribution in [0.4, 0.5) is 0 Å². The van der Waals surface area contributed by atoms with Crippen LogP contribution in [-0.4, -0.2) is 30.6 Å². The Labute approximate surface area is 137 Å². The summed E-state index contributed by atoms with van der Waals surface area (Å²) in [5.74, 6) is -0.666. The van der Waals surface area contributed by atoms with Crippen molar-refractivity contribution in [3.05, 3.63) is 35.4 Å². The number of nitrogens with two attached hydrogens (primary N) is 1. The highest BCUT2D eigenvalue weighted by Gasteiger charge is 2.33. The largest absolute Gasteiger partial charge is 0.464 e. The van der Waals surface area contributed by atoms with Crippen molar-refractivity contribution < 1.29 is 14.3 Å². The number of hydrogen-bond acceptors (Lipinski definition) is 4. The number of amides is 1. The van der Waals surface area contributed by atoms with Gasteiger partial charge in [-0.2, -0.15) is 0 Å². The van der Waals surface area contributed by atoms with Gasteiger partial charge in [0.1, 0.15) is 6.04 Å². The summed E-state index contributed by atoms with van der Waals surface area (Å²) in [6.07, 6.45) is 1.60. The zero-order valence-corrected chi connectivity index (χ0v) is 14.0. The third-order valence-electron chi connectivity index (χ3n) is 4.40. The van der Waals surface area contributed by atoms with Crippen molar-refractivity contribution in [3.63, 3.8) is 0 Å². The molecular weight excluding hydrogens is 292 g/mol. The molecule has 1 amide bonds. The Morgan fingerprint density at radius 2 is 1.83 bits per heavy atom. The van der Waals surface area contributed by atoms with Gasteiger partial charge in [0, 0.05) is 0 Å². The predicted octanol–water partition coefficient (Wildman–Crippen LogP) is 1.43. The molecule has 23 heavy (non-hydrogen) atoms. The fourth-order valence-corrected chi connectivity index (χ4v) is 3.04. The van der Waals surface area contributed by atoms with E-state index in [2.05, 4.69) is 17.4 Å². The van der Waals surface area contributed by atoms with Crippen molar-refractivity contribution in [2.24, 2.45) is 17.6 Å². The predicted molar refractivity (Wildman–Crippen MR) is 88.7 cm³/mol. The van der Waals surface area contributed by atoms with Gasteiger partial charge in [-0.05, 0) is 42.7 Å². The number of carbonyl (C=O) groups excluding carboxylic acids is 2. The van der Waals surface area contributed by atoms with Gasteiger partial charge in [-0.3, -0.25) is 4.79 Å². The molecule has 3 N–H and O–H groups in total. The maximum Gasteiger partial charge on any atom is 0.328 e. The van der Waals surface area contributed by atoms with Crippen molar-refractivity contribution >= 4 is 11.9 Å². The van der Waals surface area contributed by atoms with Crippen LogP contribution in [0.2, 0.25) is 0 Å². The molecule has 1 aliphatic carbocycles. The second-order valence-electron chi connectivity index (χ2n) is 6.45. The van der Waals surface area contributed by atoms with Crippen LogP contribution < -0.4 is 11.1 Å². The monoisotopic (exact) mass is 318 g/mol. The van der Waals surface area contributed by atoms with E-state index in [4.69, 9.17) is 10.5 Å². The molecule has 5 nitrogen and oxygen atoms in total. The smallest absolute Gasteiger partial charge is 0.328 e. The molecule has 0 spiro atoms. The van der Waals surface area contributed by atoms with Gasteiger partial charge in [-0.1, -0.05) is 38.1 Å². The van der Waals surface area contributed by atoms with Gasteiger partial charge in [0.25, 0.3) is 0 Å². The fraction of sp³-hybridized carbons (Fsp3) is 0.556. The Morgan fingerprint density at radius 3 is 2.30 bits per heavy atom. The second kappa shape index (κ2) is 7.59. The molecule has 1 aromatic rings. The average Bonchev–Trinajstić information content (AvgIpc) is 2.95. The SMILES string of the molecule is CCOC(=O)[C@@H](NC(=O)[C@@H](N)C1Cc2ccccc2C1)C(C)C. The van der Waals surface area contributed by atoms with Crippen molar-refractivity contribution in [2.75, 3.05) is 6.61 Å². The highest BCUT2D eigenvalue weighted by Crippen LogP contribution is 2.28. The molecule has 0 bridgehead atoms. The minimum atomic E-state index is -0.655. The van der Waals surface area contributed by atoms with Crippen LogP contribution in [0.1, 0.15) is 31.9 Å². The zero-order valence-electron chi connectivity index (χ0n) is 14.0. The Hall–Kier alpha value is -1.88. The second-order valence-corrected chi connectivity index (χ2v) is 6.45. The van der Waals surface area contributed by atoms with E-state index in [1.54, 1.807) is 6.92 Å². The first-order valence-electron chi connectivity index (χ1n) is 8.23. The molecule has 5 heteroatoms. The summed E-state index contributed by atoms with van der Waals surface area (Å²) >= 11 is 0. The topological polar surface area (TPSA) is 81.4 Å². The highest BCUT2D eigenvalue weighted by molar-refractivity contribution is 5.87. The number of nitrogens with one attached hydrogen (secondary N) is 1. The number of benzene rings is 1. The van der Waals surface area contributed by atoms with E-state index in [-0.39, 0.29) is 17.7 Å². The lowest BCUT2D eigenvalue weighted by Crippen LogP contribution is -2.53. The summed E-state index contributed by atoms with van der Waals surface area (Å²) in [6.45, 7) is 5.79. The molecule has 2 atom stereocenters. The number of hydrogen-bond donors (Lipinski definition) is 2. The normalized spacial score (nSPS) is 16.7. The first-order valence-corrected chi connectivity index (χ1v) is 8.23. The van der Waals surface area contributed by atoms with E-state index in [9.17, 15) is 9.59 Å². The quantitative estimate of drug-likeness (QED) is 0.778. The average molecular weight is 318 g/mol. The molecule has 0 saturated heterocycles. The summed E-state index contributed by atoms with van der Waals surface area (Å²) < 4.78 is 5.03. The standard InChI is InChI=1S/C18H26N2O3/c1-4-23-18(22)16(11(2)3)20-17(21)15(19)14-9-12-7-5-6-8-13(12)10-14/h5-8,11,14-16H,4,9-10,19H2,1-3H3,(H,20,21)/t15-,16-/m0/s1. The van der Waals surface area contributed by atoms with E-state index in [1.807, 2.05) is 26.0 Å². The van der Waals surface area contributed by atoms with Crippen molar-refractivity contribution in [1.29, 1.82) is 0 Å². The molecule has 0 aliphatic heterocycles. The van der Waals surface area contributed by atoms with E-state index in [0.29, 0.717) is 6.61 Å². The van der Waals surface area contributed by atoms with Gasteiger partial charge in [0.2, 0.25) is 5.91 Å². The van der Waals surface area contributed by atoms with Crippen LogP contribution >= 0.6 is 0 Å². The van der Waals surface area contributed by atoms with Gasteiger partial charge in [0.15, 0.2) is 0 Å². The molecular formula is C18H26N2O3. The van der Waals surface area contributed by atoms with E-state index >= 15 is 0 Å². The van der Waals surface area contributed by atoms with Gasteiger partial charge in [-0.25, -0.2) is 4.79 Å². The lowest BCUT2D eigenvalue weighted by atomic mass is 9.95. The first-order chi connectivity index (χ1) is 10.9. The van der Waals surface area contributed by atoms with Crippen LogP contribution in [0.25, 0.3) is 0 Å². The van der Waals surface area contributed by atoms with Crippen LogP contribution in [0.5, 0.6) is 0 Å². The zero-order chi connectivity index (χ0) is 17.0. The van der Waals surface area contributed by atoms with Gasteiger partial charge >= 0.3 is 5.97 Å². The fourth-order valence-electron chi connectivity index (χ4n) is 3.04. The molecule has 2 rings (SSSR count). The van der Waals surface area contributed by atoms with Crippen molar-refractivity contribution in [1.82, 2.24) is 5.32 Å². The Morgan fingerprint density at radius 1 is 1.26 bits per heavy atom. The molecule has 0 unspecified atom stereocenters.